The van der Waals surface area contributed by atoms with E-state index >= 15 is 0 Å². The molecule has 1 aromatic heterocycles. The van der Waals surface area contributed by atoms with Gasteiger partial charge in [0.05, 0.1) is 30.0 Å². The summed E-state index contributed by atoms with van der Waals surface area (Å²) in [6.07, 6.45) is 4.82. The third kappa shape index (κ3) is 2.76. The van der Waals surface area contributed by atoms with Crippen LogP contribution < -0.4 is 5.32 Å². The molecule has 0 bridgehead atoms. The molecule has 4 nitrogen and oxygen atoms in total. The number of halogens is 1. The Balaban J connectivity index is 1.85. The Morgan fingerprint density at radius 1 is 1.43 bits per heavy atom. The average Bonchev–Trinajstić information content (AvgIpc) is 2.98. The Morgan fingerprint density at radius 2 is 2.29 bits per heavy atom. The van der Waals surface area contributed by atoms with Gasteiger partial charge in [-0.3, -0.25) is 0 Å². The molecule has 0 radical (unpaired) electrons. The van der Waals surface area contributed by atoms with Crippen LogP contribution in [-0.4, -0.2) is 13.1 Å². The molecule has 1 atom stereocenters. The molecule has 1 aliphatic carbocycles. The van der Waals surface area contributed by atoms with Crippen LogP contribution in [0.15, 0.2) is 34.9 Å². The van der Waals surface area contributed by atoms with Gasteiger partial charge in [-0.15, -0.1) is 0 Å². The second kappa shape index (κ2) is 5.82. The van der Waals surface area contributed by atoms with Gasteiger partial charge in [-0.05, 0) is 37.1 Å². The summed E-state index contributed by atoms with van der Waals surface area (Å²) in [5, 5.41) is 3.83. The van der Waals surface area contributed by atoms with Crippen LogP contribution in [0.4, 0.5) is 5.69 Å². The highest BCUT2D eigenvalue weighted by Gasteiger charge is 2.23. The van der Waals surface area contributed by atoms with E-state index in [4.69, 9.17) is 20.8 Å². The summed E-state index contributed by atoms with van der Waals surface area (Å²) in [5.74, 6) is 0.609. The Morgan fingerprint density at radius 3 is 3.10 bits per heavy atom. The van der Waals surface area contributed by atoms with Gasteiger partial charge in [0, 0.05) is 17.7 Å². The number of hydrogen-bond donors (Lipinski definition) is 1. The zero-order chi connectivity index (χ0) is 14.8. The van der Waals surface area contributed by atoms with Crippen molar-refractivity contribution in [1.82, 2.24) is 0 Å². The first kappa shape index (κ1) is 14.0. The number of anilines is 1. The second-order valence-electron chi connectivity index (χ2n) is 5.07. The monoisotopic (exact) mass is 305 g/mol. The summed E-state index contributed by atoms with van der Waals surface area (Å²) in [4.78, 5) is 11.7. The lowest BCUT2D eigenvalue weighted by molar-refractivity contribution is 0.0601. The standard InChI is InChI=1S/C16H16ClNO3/c1-20-16(19)12-9-10(5-6-13(12)17)18-14-3-2-4-15-11(14)7-8-21-15/h5-9,14,18H,2-4H2,1H3. The van der Waals surface area contributed by atoms with E-state index in [1.807, 2.05) is 12.1 Å². The fraction of sp³-hybridized carbons (Fsp3) is 0.312. The number of aryl methyl sites for hydroxylation is 1. The van der Waals surface area contributed by atoms with Crippen LogP contribution in [0.1, 0.15) is 40.6 Å². The topological polar surface area (TPSA) is 51.5 Å². The maximum atomic E-state index is 11.7. The van der Waals surface area contributed by atoms with Crippen LogP contribution in [0.5, 0.6) is 0 Å². The first-order chi connectivity index (χ1) is 10.2. The average molecular weight is 306 g/mol. The van der Waals surface area contributed by atoms with E-state index < -0.39 is 5.97 Å². The third-order valence-electron chi connectivity index (χ3n) is 3.76. The molecule has 1 aliphatic rings. The fourth-order valence-electron chi connectivity index (χ4n) is 2.72. The highest BCUT2D eigenvalue weighted by molar-refractivity contribution is 6.33. The highest BCUT2D eigenvalue weighted by Crippen LogP contribution is 2.34. The summed E-state index contributed by atoms with van der Waals surface area (Å²) in [6, 6.07) is 7.49. The highest BCUT2D eigenvalue weighted by atomic mass is 35.5. The van der Waals surface area contributed by atoms with E-state index in [0.29, 0.717) is 10.6 Å². The minimum atomic E-state index is -0.434. The fourth-order valence-corrected chi connectivity index (χ4v) is 2.91. The number of methoxy groups -OCH3 is 1. The van der Waals surface area contributed by atoms with Crippen molar-refractivity contribution >= 4 is 23.3 Å². The number of carbonyl (C=O) groups excluding carboxylic acids is 1. The van der Waals surface area contributed by atoms with Crippen LogP contribution in [0.2, 0.25) is 5.02 Å². The molecule has 1 unspecified atom stereocenters. The number of esters is 1. The van der Waals surface area contributed by atoms with Crippen molar-refractivity contribution in [3.05, 3.63) is 52.4 Å². The van der Waals surface area contributed by atoms with Gasteiger partial charge in [-0.2, -0.15) is 0 Å². The first-order valence-corrected chi connectivity index (χ1v) is 7.27. The number of carbonyl (C=O) groups is 1. The lowest BCUT2D eigenvalue weighted by Crippen LogP contribution is -2.16. The van der Waals surface area contributed by atoms with E-state index in [1.165, 1.54) is 12.7 Å². The van der Waals surface area contributed by atoms with Crippen molar-refractivity contribution < 1.29 is 13.9 Å². The minimum absolute atomic E-state index is 0.194. The Bertz CT molecular complexity index is 665. The van der Waals surface area contributed by atoms with E-state index in [2.05, 4.69) is 5.32 Å². The summed E-state index contributed by atoms with van der Waals surface area (Å²) in [5.41, 5.74) is 2.40. The molecule has 0 saturated heterocycles. The molecule has 21 heavy (non-hydrogen) atoms. The maximum Gasteiger partial charge on any atom is 0.339 e. The number of hydrogen-bond acceptors (Lipinski definition) is 4. The van der Waals surface area contributed by atoms with Gasteiger partial charge >= 0.3 is 5.97 Å². The molecule has 1 N–H and O–H groups in total. The largest absolute Gasteiger partial charge is 0.469 e. The molecule has 1 aromatic carbocycles. The van der Waals surface area contributed by atoms with Crippen molar-refractivity contribution in [2.24, 2.45) is 0 Å². The molecular weight excluding hydrogens is 290 g/mol. The molecule has 0 aliphatic heterocycles. The summed E-state index contributed by atoms with van der Waals surface area (Å²) >= 11 is 6.03. The molecule has 0 fully saturated rings. The quantitative estimate of drug-likeness (QED) is 0.863. The van der Waals surface area contributed by atoms with Gasteiger partial charge in [-0.1, -0.05) is 11.6 Å². The summed E-state index contributed by atoms with van der Waals surface area (Å²) in [6.45, 7) is 0. The molecule has 0 spiro atoms. The van der Waals surface area contributed by atoms with Crippen LogP contribution in [0, 0.1) is 0 Å². The van der Waals surface area contributed by atoms with Crippen molar-refractivity contribution in [3.63, 3.8) is 0 Å². The Kier molecular flexibility index (Phi) is 3.88. The number of benzene rings is 1. The van der Waals surface area contributed by atoms with Crippen molar-refractivity contribution in [2.45, 2.75) is 25.3 Å². The molecule has 1 heterocycles. The lowest BCUT2D eigenvalue weighted by atomic mass is 9.93. The summed E-state index contributed by atoms with van der Waals surface area (Å²) < 4.78 is 10.2. The summed E-state index contributed by atoms with van der Waals surface area (Å²) in [7, 11) is 1.34. The first-order valence-electron chi connectivity index (χ1n) is 6.89. The molecular formula is C16H16ClNO3. The van der Waals surface area contributed by atoms with Gasteiger partial charge < -0.3 is 14.5 Å². The van der Waals surface area contributed by atoms with Gasteiger partial charge in [0.25, 0.3) is 0 Å². The molecule has 110 valence electrons. The smallest absolute Gasteiger partial charge is 0.339 e. The minimum Gasteiger partial charge on any atom is -0.469 e. The number of furan rings is 1. The van der Waals surface area contributed by atoms with Crippen LogP contribution in [0.3, 0.4) is 0 Å². The number of fused-ring (bicyclic) bond motifs is 1. The van der Waals surface area contributed by atoms with E-state index in [0.717, 1.165) is 30.7 Å². The predicted molar refractivity (Wildman–Crippen MR) is 80.8 cm³/mol. The maximum absolute atomic E-state index is 11.7. The van der Waals surface area contributed by atoms with Gasteiger partial charge in [0.15, 0.2) is 0 Å². The molecule has 3 rings (SSSR count). The van der Waals surface area contributed by atoms with E-state index in [-0.39, 0.29) is 6.04 Å². The zero-order valence-electron chi connectivity index (χ0n) is 11.7. The zero-order valence-corrected chi connectivity index (χ0v) is 12.4. The third-order valence-corrected chi connectivity index (χ3v) is 4.09. The van der Waals surface area contributed by atoms with Crippen molar-refractivity contribution in [2.75, 3.05) is 12.4 Å². The lowest BCUT2D eigenvalue weighted by Gasteiger charge is -2.24. The Labute approximate surface area is 128 Å². The number of ether oxygens (including phenoxy) is 1. The predicted octanol–water partition coefficient (Wildman–Crippen LogP) is 4.21. The molecule has 2 aromatic rings. The normalized spacial score (nSPS) is 17.1. The molecule has 0 amide bonds. The Hall–Kier alpha value is -1.94. The van der Waals surface area contributed by atoms with Crippen LogP contribution in [-0.2, 0) is 11.2 Å². The molecule has 0 saturated carbocycles. The molecule has 5 heteroatoms. The van der Waals surface area contributed by atoms with Crippen LogP contribution in [0.25, 0.3) is 0 Å². The van der Waals surface area contributed by atoms with Gasteiger partial charge in [0.1, 0.15) is 5.76 Å². The van der Waals surface area contributed by atoms with Crippen LogP contribution >= 0.6 is 11.6 Å². The van der Waals surface area contributed by atoms with E-state index in [9.17, 15) is 4.79 Å². The van der Waals surface area contributed by atoms with Crippen molar-refractivity contribution in [1.29, 1.82) is 0 Å². The number of nitrogens with one attached hydrogen (secondary N) is 1. The number of rotatable bonds is 3. The SMILES string of the molecule is COC(=O)c1cc(NC2CCCc3occc32)ccc1Cl. The van der Waals surface area contributed by atoms with Gasteiger partial charge in [-0.25, -0.2) is 4.79 Å². The second-order valence-corrected chi connectivity index (χ2v) is 5.48. The van der Waals surface area contributed by atoms with E-state index in [1.54, 1.807) is 18.4 Å². The van der Waals surface area contributed by atoms with Crippen molar-refractivity contribution in [3.8, 4) is 0 Å². The van der Waals surface area contributed by atoms with Gasteiger partial charge in [0.2, 0.25) is 0 Å².